The SMILES string of the molecule is NCCCc1nc2cc(Cl)ccc2o1. The predicted molar refractivity (Wildman–Crippen MR) is 56.4 cm³/mol. The van der Waals surface area contributed by atoms with Gasteiger partial charge in [0.05, 0.1) is 0 Å². The van der Waals surface area contributed by atoms with Crippen molar-refractivity contribution in [1.29, 1.82) is 0 Å². The van der Waals surface area contributed by atoms with Crippen LogP contribution in [0.2, 0.25) is 5.02 Å². The molecule has 0 fully saturated rings. The molecular weight excluding hydrogens is 200 g/mol. The van der Waals surface area contributed by atoms with E-state index in [4.69, 9.17) is 21.8 Å². The molecule has 0 spiro atoms. The van der Waals surface area contributed by atoms with Gasteiger partial charge in [-0.25, -0.2) is 4.98 Å². The Hall–Kier alpha value is -1.06. The molecule has 0 unspecified atom stereocenters. The molecule has 0 radical (unpaired) electrons. The minimum Gasteiger partial charge on any atom is -0.441 e. The smallest absolute Gasteiger partial charge is 0.195 e. The molecule has 1 heterocycles. The van der Waals surface area contributed by atoms with E-state index >= 15 is 0 Å². The maximum absolute atomic E-state index is 5.83. The molecule has 2 N–H and O–H groups in total. The Labute approximate surface area is 86.9 Å². The van der Waals surface area contributed by atoms with Gasteiger partial charge in [-0.1, -0.05) is 11.6 Å². The van der Waals surface area contributed by atoms with Gasteiger partial charge in [-0.2, -0.15) is 0 Å². The highest BCUT2D eigenvalue weighted by Gasteiger charge is 2.04. The van der Waals surface area contributed by atoms with Crippen LogP contribution in [0.15, 0.2) is 22.6 Å². The number of nitrogens with two attached hydrogens (primary N) is 1. The molecule has 0 aliphatic rings. The molecule has 3 nitrogen and oxygen atoms in total. The summed E-state index contributed by atoms with van der Waals surface area (Å²) in [4.78, 5) is 4.30. The minimum absolute atomic E-state index is 0.652. The number of hydrogen-bond acceptors (Lipinski definition) is 3. The van der Waals surface area contributed by atoms with E-state index in [1.54, 1.807) is 12.1 Å². The molecule has 0 aliphatic heterocycles. The zero-order valence-electron chi connectivity index (χ0n) is 7.66. The van der Waals surface area contributed by atoms with Gasteiger partial charge in [-0.3, -0.25) is 0 Å². The number of hydrogen-bond donors (Lipinski definition) is 1. The van der Waals surface area contributed by atoms with Crippen LogP contribution in [0.4, 0.5) is 0 Å². The van der Waals surface area contributed by atoms with E-state index in [-0.39, 0.29) is 0 Å². The number of aromatic nitrogens is 1. The van der Waals surface area contributed by atoms with Gasteiger partial charge in [0, 0.05) is 11.4 Å². The Morgan fingerprint density at radius 1 is 1.43 bits per heavy atom. The van der Waals surface area contributed by atoms with Gasteiger partial charge in [0.15, 0.2) is 11.5 Å². The minimum atomic E-state index is 0.652. The van der Waals surface area contributed by atoms with Gasteiger partial charge < -0.3 is 10.2 Å². The lowest BCUT2D eigenvalue weighted by Crippen LogP contribution is -2.00. The third-order valence-corrected chi connectivity index (χ3v) is 2.22. The summed E-state index contributed by atoms with van der Waals surface area (Å²) >= 11 is 5.83. The maximum atomic E-state index is 5.83. The summed E-state index contributed by atoms with van der Waals surface area (Å²) < 4.78 is 5.50. The van der Waals surface area contributed by atoms with E-state index in [2.05, 4.69) is 4.98 Å². The Kier molecular flexibility index (Phi) is 2.70. The number of aryl methyl sites for hydroxylation is 1. The van der Waals surface area contributed by atoms with Crippen molar-refractivity contribution in [2.45, 2.75) is 12.8 Å². The highest BCUT2D eigenvalue weighted by atomic mass is 35.5. The van der Waals surface area contributed by atoms with Gasteiger partial charge >= 0.3 is 0 Å². The topological polar surface area (TPSA) is 52.0 Å². The lowest BCUT2D eigenvalue weighted by atomic mass is 10.3. The lowest BCUT2D eigenvalue weighted by molar-refractivity contribution is 0.521. The van der Waals surface area contributed by atoms with E-state index in [0.29, 0.717) is 11.6 Å². The first-order valence-corrected chi connectivity index (χ1v) is 4.92. The first kappa shape index (κ1) is 9.49. The second kappa shape index (κ2) is 3.98. The van der Waals surface area contributed by atoms with Crippen LogP contribution < -0.4 is 5.73 Å². The zero-order valence-corrected chi connectivity index (χ0v) is 8.42. The van der Waals surface area contributed by atoms with Crippen molar-refractivity contribution in [2.75, 3.05) is 6.54 Å². The molecule has 2 aromatic rings. The Balaban J connectivity index is 2.32. The van der Waals surface area contributed by atoms with Crippen molar-refractivity contribution >= 4 is 22.7 Å². The third-order valence-electron chi connectivity index (χ3n) is 1.99. The molecule has 1 aromatic heterocycles. The summed E-state index contributed by atoms with van der Waals surface area (Å²) in [6.45, 7) is 0.652. The van der Waals surface area contributed by atoms with Crippen LogP contribution in [-0.2, 0) is 6.42 Å². The van der Waals surface area contributed by atoms with Crippen LogP contribution in [0, 0.1) is 0 Å². The van der Waals surface area contributed by atoms with Crippen molar-refractivity contribution in [3.05, 3.63) is 29.1 Å². The van der Waals surface area contributed by atoms with Gasteiger partial charge in [-0.05, 0) is 31.2 Å². The summed E-state index contributed by atoms with van der Waals surface area (Å²) in [6, 6.07) is 5.42. The fraction of sp³-hybridized carbons (Fsp3) is 0.300. The average molecular weight is 211 g/mol. The standard InChI is InChI=1S/C10H11ClN2O/c11-7-3-4-9-8(6-7)13-10(14-9)2-1-5-12/h3-4,6H,1-2,5,12H2. The van der Waals surface area contributed by atoms with E-state index in [9.17, 15) is 0 Å². The van der Waals surface area contributed by atoms with Gasteiger partial charge in [0.25, 0.3) is 0 Å². The van der Waals surface area contributed by atoms with Crippen molar-refractivity contribution in [1.82, 2.24) is 4.98 Å². The molecule has 0 amide bonds. The molecule has 1 aromatic carbocycles. The number of nitrogens with zero attached hydrogens (tertiary/aromatic N) is 1. The first-order chi connectivity index (χ1) is 6.79. The highest BCUT2D eigenvalue weighted by molar-refractivity contribution is 6.31. The van der Waals surface area contributed by atoms with Crippen LogP contribution in [0.1, 0.15) is 12.3 Å². The summed E-state index contributed by atoms with van der Waals surface area (Å²) in [5.74, 6) is 0.729. The summed E-state index contributed by atoms with van der Waals surface area (Å²) in [6.07, 6.45) is 1.67. The molecule has 2 rings (SSSR count). The summed E-state index contributed by atoms with van der Waals surface area (Å²) in [5, 5.41) is 0.677. The van der Waals surface area contributed by atoms with Crippen LogP contribution in [0.5, 0.6) is 0 Å². The fourth-order valence-corrected chi connectivity index (χ4v) is 1.47. The van der Waals surface area contributed by atoms with Crippen molar-refractivity contribution in [3.63, 3.8) is 0 Å². The molecule has 0 atom stereocenters. The molecule has 0 saturated heterocycles. The molecule has 4 heteroatoms. The van der Waals surface area contributed by atoms with Gasteiger partial charge in [-0.15, -0.1) is 0 Å². The van der Waals surface area contributed by atoms with Gasteiger partial charge in [0.1, 0.15) is 5.52 Å². The maximum Gasteiger partial charge on any atom is 0.195 e. The van der Waals surface area contributed by atoms with E-state index in [1.165, 1.54) is 0 Å². The van der Waals surface area contributed by atoms with Gasteiger partial charge in [0.2, 0.25) is 0 Å². The Morgan fingerprint density at radius 3 is 3.07 bits per heavy atom. The van der Waals surface area contributed by atoms with E-state index < -0.39 is 0 Å². The summed E-state index contributed by atoms with van der Waals surface area (Å²) in [7, 11) is 0. The van der Waals surface area contributed by atoms with Crippen LogP contribution in [-0.4, -0.2) is 11.5 Å². The molecule has 14 heavy (non-hydrogen) atoms. The molecule has 0 aliphatic carbocycles. The van der Waals surface area contributed by atoms with Crippen molar-refractivity contribution in [2.24, 2.45) is 5.73 Å². The Morgan fingerprint density at radius 2 is 2.29 bits per heavy atom. The average Bonchev–Trinajstić information content (AvgIpc) is 2.56. The van der Waals surface area contributed by atoms with Crippen LogP contribution >= 0.6 is 11.6 Å². The molecule has 0 saturated carbocycles. The highest BCUT2D eigenvalue weighted by Crippen LogP contribution is 2.20. The van der Waals surface area contributed by atoms with Crippen molar-refractivity contribution < 1.29 is 4.42 Å². The number of rotatable bonds is 3. The second-order valence-electron chi connectivity index (χ2n) is 3.11. The number of benzene rings is 1. The monoisotopic (exact) mass is 210 g/mol. The zero-order chi connectivity index (χ0) is 9.97. The Bertz CT molecular complexity index is 439. The third kappa shape index (κ3) is 1.89. The first-order valence-electron chi connectivity index (χ1n) is 4.54. The normalized spacial score (nSPS) is 11.0. The number of oxazole rings is 1. The summed E-state index contributed by atoms with van der Waals surface area (Å²) in [5.41, 5.74) is 6.99. The van der Waals surface area contributed by atoms with Crippen LogP contribution in [0.3, 0.4) is 0 Å². The predicted octanol–water partition coefficient (Wildman–Crippen LogP) is 2.37. The molecular formula is C10H11ClN2O. The van der Waals surface area contributed by atoms with Crippen molar-refractivity contribution in [3.8, 4) is 0 Å². The number of fused-ring (bicyclic) bond motifs is 1. The number of halogens is 1. The largest absolute Gasteiger partial charge is 0.441 e. The second-order valence-corrected chi connectivity index (χ2v) is 3.55. The van der Waals surface area contributed by atoms with E-state index in [1.807, 2.05) is 6.07 Å². The van der Waals surface area contributed by atoms with Crippen LogP contribution in [0.25, 0.3) is 11.1 Å². The fourth-order valence-electron chi connectivity index (χ4n) is 1.31. The lowest BCUT2D eigenvalue weighted by Gasteiger charge is -1.89. The quantitative estimate of drug-likeness (QED) is 0.846. The molecule has 0 bridgehead atoms. The molecule has 74 valence electrons. The van der Waals surface area contributed by atoms with E-state index in [0.717, 1.165) is 29.8 Å².